The number of carbonyl (C=O) groups excluding carboxylic acids is 1. The summed E-state index contributed by atoms with van der Waals surface area (Å²) in [5.74, 6) is 2.25. The fourth-order valence-electron chi connectivity index (χ4n) is 3.26. The molecule has 0 heterocycles. The zero-order chi connectivity index (χ0) is 23.3. The van der Waals surface area contributed by atoms with Gasteiger partial charge in [0.05, 0.1) is 14.2 Å². The van der Waals surface area contributed by atoms with Crippen molar-refractivity contribution in [2.45, 2.75) is 32.7 Å². The van der Waals surface area contributed by atoms with E-state index in [1.165, 1.54) is 0 Å². The van der Waals surface area contributed by atoms with Crippen LogP contribution in [0.3, 0.4) is 0 Å². The Morgan fingerprint density at radius 3 is 2.31 bits per heavy atom. The average Bonchev–Trinajstić information content (AvgIpc) is 2.83. The predicted octanol–water partition coefficient (Wildman–Crippen LogP) is 3.48. The molecule has 2 aromatic carbocycles. The molecule has 0 radical (unpaired) electrons. The lowest BCUT2D eigenvalue weighted by atomic mass is 10.1. The molecular formula is C25H36N4O3. The summed E-state index contributed by atoms with van der Waals surface area (Å²) in [7, 11) is 7.07. The van der Waals surface area contributed by atoms with Gasteiger partial charge in [0.2, 0.25) is 0 Å². The molecule has 0 aliphatic rings. The molecule has 0 fully saturated rings. The number of unbranched alkanes of at least 4 members (excludes halogenated alkanes) is 1. The number of hydrogen-bond acceptors (Lipinski definition) is 4. The number of aliphatic imine (C=N–C) groups is 1. The molecule has 0 saturated carbocycles. The number of carbonyl (C=O) groups is 1. The Hall–Kier alpha value is -3.22. The molecule has 0 aliphatic carbocycles. The first-order valence-electron chi connectivity index (χ1n) is 11.0. The molecule has 7 nitrogen and oxygen atoms in total. The van der Waals surface area contributed by atoms with Gasteiger partial charge in [-0.15, -0.1) is 0 Å². The first kappa shape index (κ1) is 25.0. The summed E-state index contributed by atoms with van der Waals surface area (Å²) in [5.41, 5.74) is 2.93. The minimum Gasteiger partial charge on any atom is -0.493 e. The van der Waals surface area contributed by atoms with Gasteiger partial charge >= 0.3 is 0 Å². The number of nitrogens with one attached hydrogen (secondary N) is 2. The molecule has 2 aromatic rings. The van der Waals surface area contributed by atoms with Crippen LogP contribution in [0, 0.1) is 0 Å². The maximum atomic E-state index is 12.1. The van der Waals surface area contributed by atoms with E-state index in [-0.39, 0.29) is 5.91 Å². The number of likely N-dealkylation sites (N-methyl/N-ethyl adjacent to an activating group) is 1. The highest BCUT2D eigenvalue weighted by Gasteiger charge is 2.09. The zero-order valence-corrected chi connectivity index (χ0v) is 19.9. The molecule has 0 aromatic heterocycles. The number of rotatable bonds is 11. The van der Waals surface area contributed by atoms with Gasteiger partial charge in [-0.05, 0) is 48.2 Å². The fraction of sp³-hybridized carbons (Fsp3) is 0.440. The van der Waals surface area contributed by atoms with Crippen molar-refractivity contribution in [2.75, 3.05) is 41.4 Å². The summed E-state index contributed by atoms with van der Waals surface area (Å²) in [6, 6.07) is 13.6. The van der Waals surface area contributed by atoms with E-state index in [1.54, 1.807) is 21.3 Å². The lowest BCUT2D eigenvalue weighted by Gasteiger charge is -2.22. The van der Waals surface area contributed by atoms with E-state index in [0.29, 0.717) is 18.7 Å². The molecule has 0 saturated heterocycles. The van der Waals surface area contributed by atoms with Crippen molar-refractivity contribution in [1.29, 1.82) is 0 Å². The molecule has 1 amide bonds. The second-order valence-corrected chi connectivity index (χ2v) is 7.57. The average molecular weight is 441 g/mol. The Morgan fingerprint density at radius 1 is 1.00 bits per heavy atom. The summed E-state index contributed by atoms with van der Waals surface area (Å²) in [6.07, 6.45) is 2.90. The molecular weight excluding hydrogens is 404 g/mol. The van der Waals surface area contributed by atoms with Gasteiger partial charge in [-0.3, -0.25) is 9.79 Å². The molecule has 0 aliphatic heterocycles. The summed E-state index contributed by atoms with van der Waals surface area (Å²) in [4.78, 5) is 18.6. The number of guanidine groups is 1. The molecule has 7 heteroatoms. The maximum absolute atomic E-state index is 12.1. The lowest BCUT2D eigenvalue weighted by molar-refractivity contribution is 0.0953. The van der Waals surface area contributed by atoms with Crippen molar-refractivity contribution in [1.82, 2.24) is 15.5 Å². The third-order valence-corrected chi connectivity index (χ3v) is 5.24. The normalized spacial score (nSPS) is 11.1. The Kier molecular flexibility index (Phi) is 10.4. The van der Waals surface area contributed by atoms with Crippen LogP contribution in [-0.4, -0.2) is 58.2 Å². The van der Waals surface area contributed by atoms with Crippen LogP contribution in [0.2, 0.25) is 0 Å². The highest BCUT2D eigenvalue weighted by Crippen LogP contribution is 2.27. The van der Waals surface area contributed by atoms with Gasteiger partial charge < -0.3 is 25.0 Å². The Balaban J connectivity index is 1.86. The topological polar surface area (TPSA) is 75.2 Å². The van der Waals surface area contributed by atoms with Crippen LogP contribution in [0.25, 0.3) is 0 Å². The van der Waals surface area contributed by atoms with Gasteiger partial charge in [-0.1, -0.05) is 31.5 Å². The highest BCUT2D eigenvalue weighted by molar-refractivity contribution is 5.94. The van der Waals surface area contributed by atoms with Crippen LogP contribution in [0.15, 0.2) is 47.5 Å². The van der Waals surface area contributed by atoms with Gasteiger partial charge in [0.1, 0.15) is 0 Å². The second-order valence-electron chi connectivity index (χ2n) is 7.57. The van der Waals surface area contributed by atoms with Gasteiger partial charge in [0.25, 0.3) is 5.91 Å². The summed E-state index contributed by atoms with van der Waals surface area (Å²) >= 11 is 0. The number of nitrogens with zero attached hydrogens (tertiary/aromatic N) is 2. The number of benzene rings is 2. The van der Waals surface area contributed by atoms with Crippen molar-refractivity contribution >= 4 is 11.9 Å². The zero-order valence-electron chi connectivity index (χ0n) is 19.9. The number of amides is 1. The van der Waals surface area contributed by atoms with Gasteiger partial charge in [-0.25, -0.2) is 0 Å². The molecule has 0 spiro atoms. The smallest absolute Gasteiger partial charge is 0.251 e. The van der Waals surface area contributed by atoms with Gasteiger partial charge in [0.15, 0.2) is 17.5 Å². The maximum Gasteiger partial charge on any atom is 0.251 e. The number of ether oxygens (including phenoxy) is 2. The molecule has 0 bridgehead atoms. The quantitative estimate of drug-likeness (QED) is 0.318. The SMILES string of the molecule is CCCCNC(=O)c1ccc(CNC(=NC)N(C)CCc2ccc(OC)c(OC)c2)cc1. The van der Waals surface area contributed by atoms with Crippen molar-refractivity contribution in [3.63, 3.8) is 0 Å². The molecule has 32 heavy (non-hydrogen) atoms. The van der Waals surface area contributed by atoms with Crippen LogP contribution in [0.4, 0.5) is 0 Å². The Morgan fingerprint density at radius 2 is 1.69 bits per heavy atom. The lowest BCUT2D eigenvalue weighted by Crippen LogP contribution is -2.39. The van der Waals surface area contributed by atoms with E-state index < -0.39 is 0 Å². The standard InChI is InChI=1S/C25H36N4O3/c1-6-7-15-27-24(30)21-11-8-20(9-12-21)18-28-25(26-2)29(3)16-14-19-10-13-22(31-4)23(17-19)32-5/h8-13,17H,6-7,14-16,18H2,1-5H3,(H,26,28)(H,27,30). The minimum atomic E-state index is -0.0244. The molecule has 0 unspecified atom stereocenters. The molecule has 2 rings (SSSR count). The number of hydrogen-bond donors (Lipinski definition) is 2. The van der Waals surface area contributed by atoms with Crippen LogP contribution in [0.1, 0.15) is 41.3 Å². The first-order valence-corrected chi connectivity index (χ1v) is 11.0. The highest BCUT2D eigenvalue weighted by atomic mass is 16.5. The summed E-state index contributed by atoms with van der Waals surface area (Å²) in [6.45, 7) is 4.25. The monoisotopic (exact) mass is 440 g/mol. The van der Waals surface area contributed by atoms with Crippen molar-refractivity contribution in [2.24, 2.45) is 4.99 Å². The third-order valence-electron chi connectivity index (χ3n) is 5.24. The van der Waals surface area contributed by atoms with Crippen LogP contribution in [-0.2, 0) is 13.0 Å². The van der Waals surface area contributed by atoms with Crippen molar-refractivity contribution in [3.8, 4) is 11.5 Å². The van der Waals surface area contributed by atoms with E-state index in [2.05, 4.69) is 27.4 Å². The molecule has 0 atom stereocenters. The van der Waals surface area contributed by atoms with E-state index in [9.17, 15) is 4.79 Å². The van der Waals surface area contributed by atoms with E-state index in [1.807, 2.05) is 49.5 Å². The third kappa shape index (κ3) is 7.48. The first-order chi connectivity index (χ1) is 15.5. The van der Waals surface area contributed by atoms with Crippen LogP contribution in [0.5, 0.6) is 11.5 Å². The van der Waals surface area contributed by atoms with Crippen molar-refractivity contribution < 1.29 is 14.3 Å². The summed E-state index contributed by atoms with van der Waals surface area (Å²) < 4.78 is 10.7. The van der Waals surface area contributed by atoms with Gasteiger partial charge in [0, 0.05) is 39.3 Å². The second kappa shape index (κ2) is 13.2. The fourth-order valence-corrected chi connectivity index (χ4v) is 3.26. The summed E-state index contributed by atoms with van der Waals surface area (Å²) in [5, 5.41) is 6.32. The van der Waals surface area contributed by atoms with Crippen LogP contribution < -0.4 is 20.1 Å². The van der Waals surface area contributed by atoms with E-state index in [4.69, 9.17) is 9.47 Å². The molecule has 174 valence electrons. The minimum absolute atomic E-state index is 0.0244. The van der Waals surface area contributed by atoms with Crippen LogP contribution >= 0.6 is 0 Å². The number of methoxy groups -OCH3 is 2. The Labute approximate surface area is 191 Å². The predicted molar refractivity (Wildman–Crippen MR) is 130 cm³/mol. The van der Waals surface area contributed by atoms with Crippen molar-refractivity contribution in [3.05, 3.63) is 59.2 Å². The van der Waals surface area contributed by atoms with Gasteiger partial charge in [-0.2, -0.15) is 0 Å². The molecule has 2 N–H and O–H groups in total. The van der Waals surface area contributed by atoms with E-state index in [0.717, 1.165) is 54.4 Å². The Bertz CT molecular complexity index is 881. The largest absolute Gasteiger partial charge is 0.493 e. The van der Waals surface area contributed by atoms with E-state index >= 15 is 0 Å².